The fourth-order valence-corrected chi connectivity index (χ4v) is 5.31. The summed E-state index contributed by atoms with van der Waals surface area (Å²) >= 11 is 3.17. The van der Waals surface area contributed by atoms with Crippen LogP contribution in [-0.2, 0) is 0 Å². The van der Waals surface area contributed by atoms with E-state index in [1.54, 1.807) is 11.3 Å². The van der Waals surface area contributed by atoms with Gasteiger partial charge in [-0.1, -0.05) is 18.3 Å². The van der Waals surface area contributed by atoms with Crippen molar-refractivity contribution in [3.05, 3.63) is 10.9 Å². The van der Waals surface area contributed by atoms with Crippen LogP contribution in [0.4, 0.5) is 5.13 Å². The molecule has 2 aromatic rings. The van der Waals surface area contributed by atoms with Gasteiger partial charge in [-0.2, -0.15) is 0 Å². The van der Waals surface area contributed by atoms with Gasteiger partial charge in [0.1, 0.15) is 4.83 Å². The quantitative estimate of drug-likeness (QED) is 0.823. The first-order chi connectivity index (χ1) is 11.5. The second-order valence-electron chi connectivity index (χ2n) is 6.69. The van der Waals surface area contributed by atoms with Crippen LogP contribution >= 0.6 is 22.7 Å². The summed E-state index contributed by atoms with van der Waals surface area (Å²) < 4.78 is 1.11. The van der Waals surface area contributed by atoms with Crippen LogP contribution in [0.1, 0.15) is 43.3 Å². The molecule has 24 heavy (non-hydrogen) atoms. The average Bonchev–Trinajstić information content (AvgIpc) is 3.14. The molecular weight excluding hydrogens is 340 g/mol. The molecule has 1 fully saturated rings. The Morgan fingerprint density at radius 1 is 1.33 bits per heavy atom. The van der Waals surface area contributed by atoms with E-state index in [9.17, 15) is 4.79 Å². The predicted molar refractivity (Wildman–Crippen MR) is 104 cm³/mol. The van der Waals surface area contributed by atoms with Crippen LogP contribution in [0.25, 0.3) is 9.53 Å². The third-order valence-corrected chi connectivity index (χ3v) is 7.04. The molecule has 1 aliphatic heterocycles. The first-order valence-corrected chi connectivity index (χ1v) is 10.3. The van der Waals surface area contributed by atoms with E-state index >= 15 is 0 Å². The highest BCUT2D eigenvalue weighted by molar-refractivity contribution is 7.29. The molecule has 0 saturated carbocycles. The number of thiophene rings is 1. The number of nitrogens with zero attached hydrogens (tertiary/aromatic N) is 2. The molecule has 1 aliphatic rings. The maximum absolute atomic E-state index is 12.5. The van der Waals surface area contributed by atoms with Gasteiger partial charge in [-0.3, -0.25) is 4.79 Å². The zero-order chi connectivity index (χ0) is 17.2. The number of hydrogen-bond acceptors (Lipinski definition) is 6. The van der Waals surface area contributed by atoms with Gasteiger partial charge in [0.25, 0.3) is 5.91 Å². The molecule has 0 unspecified atom stereocenters. The summed E-state index contributed by atoms with van der Waals surface area (Å²) in [7, 11) is 0. The van der Waals surface area contributed by atoms with Gasteiger partial charge >= 0.3 is 0 Å². The largest absolute Gasteiger partial charge is 0.351 e. The maximum Gasteiger partial charge on any atom is 0.261 e. The highest BCUT2D eigenvalue weighted by atomic mass is 32.1. The molecule has 0 atom stereocenters. The molecule has 3 rings (SSSR count). The lowest BCUT2D eigenvalue weighted by Crippen LogP contribution is -2.42. The molecule has 2 N–H and O–H groups in total. The van der Waals surface area contributed by atoms with E-state index in [1.165, 1.54) is 11.3 Å². The van der Waals surface area contributed by atoms with Crippen LogP contribution in [0.3, 0.4) is 0 Å². The molecule has 0 aromatic carbocycles. The number of rotatable bonds is 6. The molecule has 1 saturated heterocycles. The number of piperidine rings is 1. The molecule has 5 nitrogen and oxygen atoms in total. The van der Waals surface area contributed by atoms with Crippen molar-refractivity contribution in [3.8, 4) is 0 Å². The van der Waals surface area contributed by atoms with E-state index in [4.69, 9.17) is 4.98 Å². The molecule has 7 heteroatoms. The number of aromatic nitrogens is 1. The van der Waals surface area contributed by atoms with E-state index < -0.39 is 0 Å². The third kappa shape index (κ3) is 3.73. The molecule has 3 heterocycles. The van der Waals surface area contributed by atoms with Crippen molar-refractivity contribution in [2.45, 2.75) is 33.6 Å². The molecular formula is C17H26N4OS2. The average molecular weight is 367 g/mol. The minimum Gasteiger partial charge on any atom is -0.351 e. The zero-order valence-electron chi connectivity index (χ0n) is 14.6. The van der Waals surface area contributed by atoms with E-state index in [0.29, 0.717) is 0 Å². The summed E-state index contributed by atoms with van der Waals surface area (Å²) in [4.78, 5) is 21.2. The topological polar surface area (TPSA) is 57.3 Å². The fraction of sp³-hybridized carbons (Fsp3) is 0.647. The van der Waals surface area contributed by atoms with Crippen molar-refractivity contribution in [1.82, 2.24) is 15.6 Å². The normalized spacial score (nSPS) is 17.1. The molecule has 0 aliphatic carbocycles. The second kappa shape index (κ2) is 7.37. The fourth-order valence-electron chi connectivity index (χ4n) is 3.05. The molecule has 0 radical (unpaired) electrons. The Hall–Kier alpha value is -1.18. The van der Waals surface area contributed by atoms with Crippen molar-refractivity contribution in [2.24, 2.45) is 5.41 Å². The van der Waals surface area contributed by atoms with Crippen molar-refractivity contribution >= 4 is 43.2 Å². The number of nitrogens with one attached hydrogen (secondary N) is 2. The lowest BCUT2D eigenvalue weighted by atomic mass is 9.81. The third-order valence-electron chi connectivity index (χ3n) is 4.82. The van der Waals surface area contributed by atoms with Crippen molar-refractivity contribution in [2.75, 3.05) is 37.6 Å². The number of anilines is 1. The van der Waals surface area contributed by atoms with Crippen LogP contribution in [0, 0.1) is 5.41 Å². The number of fused-ring (bicyclic) bond motifs is 1. The summed E-state index contributed by atoms with van der Waals surface area (Å²) in [6.45, 7) is 11.3. The van der Waals surface area contributed by atoms with Gasteiger partial charge in [0.15, 0.2) is 5.13 Å². The van der Waals surface area contributed by atoms with Gasteiger partial charge < -0.3 is 15.5 Å². The Morgan fingerprint density at radius 2 is 2.04 bits per heavy atom. The van der Waals surface area contributed by atoms with E-state index in [-0.39, 0.29) is 11.3 Å². The number of thiazole rings is 1. The SMILES string of the molecule is CCN(CC)c1nc2sc(C(=O)NCC3(C)CCNCC3)cc2s1. The monoisotopic (exact) mass is 366 g/mol. The van der Waals surface area contributed by atoms with Gasteiger partial charge in [-0.25, -0.2) is 4.98 Å². The van der Waals surface area contributed by atoms with Crippen LogP contribution in [0.5, 0.6) is 0 Å². The first kappa shape index (κ1) is 17.6. The van der Waals surface area contributed by atoms with Crippen molar-refractivity contribution in [3.63, 3.8) is 0 Å². The van der Waals surface area contributed by atoms with Crippen LogP contribution in [0.15, 0.2) is 6.07 Å². The second-order valence-corrected chi connectivity index (χ2v) is 8.73. The Labute approximate surface area is 151 Å². The summed E-state index contributed by atoms with van der Waals surface area (Å²) in [5.74, 6) is 0.0364. The van der Waals surface area contributed by atoms with Crippen LogP contribution in [0.2, 0.25) is 0 Å². The van der Waals surface area contributed by atoms with Crippen LogP contribution in [-0.4, -0.2) is 43.6 Å². The molecule has 1 amide bonds. The molecule has 0 bridgehead atoms. The van der Waals surface area contributed by atoms with Gasteiger partial charge in [0, 0.05) is 19.6 Å². The Morgan fingerprint density at radius 3 is 2.67 bits per heavy atom. The van der Waals surface area contributed by atoms with Gasteiger partial charge in [0.2, 0.25) is 0 Å². The number of amides is 1. The number of carbonyl (C=O) groups is 1. The van der Waals surface area contributed by atoms with Gasteiger partial charge in [-0.15, -0.1) is 11.3 Å². The number of hydrogen-bond donors (Lipinski definition) is 2. The minimum absolute atomic E-state index is 0.0364. The van der Waals surface area contributed by atoms with Crippen molar-refractivity contribution in [1.29, 1.82) is 0 Å². The van der Waals surface area contributed by atoms with Gasteiger partial charge in [-0.05, 0) is 51.3 Å². The summed E-state index contributed by atoms with van der Waals surface area (Å²) in [6.07, 6.45) is 2.23. The van der Waals surface area contributed by atoms with E-state index in [0.717, 1.165) is 65.1 Å². The minimum atomic E-state index is 0.0364. The summed E-state index contributed by atoms with van der Waals surface area (Å²) in [5, 5.41) is 7.56. The Balaban J connectivity index is 1.66. The van der Waals surface area contributed by atoms with E-state index in [2.05, 4.69) is 36.3 Å². The smallest absolute Gasteiger partial charge is 0.261 e. The summed E-state index contributed by atoms with van der Waals surface area (Å²) in [5.41, 5.74) is 0.212. The van der Waals surface area contributed by atoms with Crippen LogP contribution < -0.4 is 15.5 Å². The lowest BCUT2D eigenvalue weighted by molar-refractivity contribution is 0.0926. The highest BCUT2D eigenvalue weighted by Gasteiger charge is 2.27. The highest BCUT2D eigenvalue weighted by Crippen LogP contribution is 2.34. The maximum atomic E-state index is 12.5. The van der Waals surface area contributed by atoms with Crippen molar-refractivity contribution < 1.29 is 4.79 Å². The first-order valence-electron chi connectivity index (χ1n) is 8.69. The standard InChI is InChI=1S/C17H26N4OS2/c1-4-21(5-2)16-20-15-13(24-16)10-12(23-15)14(22)19-11-17(3)6-8-18-9-7-17/h10,18H,4-9,11H2,1-3H3,(H,19,22). The molecule has 2 aromatic heterocycles. The van der Waals surface area contributed by atoms with Gasteiger partial charge in [0.05, 0.1) is 9.58 Å². The summed E-state index contributed by atoms with van der Waals surface area (Å²) in [6, 6.07) is 1.99. The zero-order valence-corrected chi connectivity index (χ0v) is 16.3. The molecule has 0 spiro atoms. The van der Waals surface area contributed by atoms with E-state index in [1.807, 2.05) is 6.07 Å². The lowest BCUT2D eigenvalue weighted by Gasteiger charge is -2.34. The molecule has 132 valence electrons. The Kier molecular flexibility index (Phi) is 5.42. The Bertz CT molecular complexity index is 667. The number of carbonyl (C=O) groups excluding carboxylic acids is 1. The predicted octanol–water partition coefficient (Wildman–Crippen LogP) is 3.32.